The number of likely N-dealkylation sites (N-methyl/N-ethyl adjacent to an activating group) is 1. The zero-order valence-electron chi connectivity index (χ0n) is 5.64. The van der Waals surface area contributed by atoms with Gasteiger partial charge in [0.05, 0.1) is 6.10 Å². The van der Waals surface area contributed by atoms with Crippen LogP contribution < -0.4 is 0 Å². The second-order valence-electron chi connectivity index (χ2n) is 2.42. The van der Waals surface area contributed by atoms with E-state index in [2.05, 4.69) is 33.0 Å². The van der Waals surface area contributed by atoms with E-state index in [0.717, 1.165) is 13.2 Å². The molecule has 0 aromatic heterocycles. The van der Waals surface area contributed by atoms with E-state index >= 15 is 0 Å². The second kappa shape index (κ2) is 3.73. The summed E-state index contributed by atoms with van der Waals surface area (Å²) in [6, 6.07) is 0. The van der Waals surface area contributed by atoms with Crippen molar-refractivity contribution >= 4 is 22.9 Å². The lowest BCUT2D eigenvalue weighted by Crippen LogP contribution is -2.20. The van der Waals surface area contributed by atoms with Crippen molar-refractivity contribution in [1.29, 1.82) is 0 Å². The summed E-state index contributed by atoms with van der Waals surface area (Å²) >= 11 is 2.29. The van der Waals surface area contributed by atoms with E-state index in [9.17, 15) is 0 Å². The van der Waals surface area contributed by atoms with E-state index in [1.54, 1.807) is 0 Å². The van der Waals surface area contributed by atoms with Crippen molar-refractivity contribution in [2.75, 3.05) is 20.2 Å². The number of ether oxygens (including phenoxy) is 1. The monoisotopic (exact) mass is 241 g/mol. The molecule has 2 nitrogen and oxygen atoms in total. The highest BCUT2D eigenvalue weighted by Gasteiger charge is 2.15. The molecule has 0 amide bonds. The van der Waals surface area contributed by atoms with Crippen molar-refractivity contribution in [2.24, 2.45) is 0 Å². The highest BCUT2D eigenvalue weighted by Crippen LogP contribution is 2.13. The molecule has 54 valence electrons. The van der Waals surface area contributed by atoms with Crippen molar-refractivity contribution in [2.45, 2.75) is 18.9 Å². The van der Waals surface area contributed by atoms with Crippen molar-refractivity contribution in [3.63, 3.8) is 0 Å². The third kappa shape index (κ3) is 2.82. The van der Waals surface area contributed by atoms with Crippen LogP contribution in [0.5, 0.6) is 0 Å². The first-order chi connectivity index (χ1) is 4.29. The Morgan fingerprint density at radius 3 is 3.00 bits per heavy atom. The zero-order chi connectivity index (χ0) is 6.69. The van der Waals surface area contributed by atoms with Crippen LogP contribution in [0.3, 0.4) is 0 Å². The molecule has 0 aromatic rings. The van der Waals surface area contributed by atoms with Crippen LogP contribution in [0.15, 0.2) is 0 Å². The standard InChI is InChI=1S/C6H12INO/c1-8(7)5-6-3-2-4-9-6/h6H,2-5H2,1H3. The fraction of sp³-hybridized carbons (Fsp3) is 1.00. The molecule has 1 rings (SSSR count). The molecule has 0 radical (unpaired) electrons. The predicted octanol–water partition coefficient (Wildman–Crippen LogP) is 1.45. The van der Waals surface area contributed by atoms with Gasteiger partial charge in [0.15, 0.2) is 0 Å². The summed E-state index contributed by atoms with van der Waals surface area (Å²) < 4.78 is 7.56. The maximum Gasteiger partial charge on any atom is 0.0710 e. The first-order valence-corrected chi connectivity index (χ1v) is 4.24. The molecule has 0 spiro atoms. The van der Waals surface area contributed by atoms with Crippen LogP contribution in [0.25, 0.3) is 0 Å². The lowest BCUT2D eigenvalue weighted by atomic mass is 10.2. The van der Waals surface area contributed by atoms with Crippen molar-refractivity contribution in [1.82, 2.24) is 3.11 Å². The predicted molar refractivity (Wildman–Crippen MR) is 45.6 cm³/mol. The SMILES string of the molecule is CN(I)CC1CCCO1. The molecule has 0 aromatic carbocycles. The van der Waals surface area contributed by atoms with Gasteiger partial charge in [-0.25, -0.2) is 3.11 Å². The van der Waals surface area contributed by atoms with Gasteiger partial charge in [0.25, 0.3) is 0 Å². The molecule has 0 N–H and O–H groups in total. The van der Waals surface area contributed by atoms with Gasteiger partial charge < -0.3 is 4.74 Å². The second-order valence-corrected chi connectivity index (χ2v) is 4.07. The Balaban J connectivity index is 2.11. The number of nitrogens with zero attached hydrogens (tertiary/aromatic N) is 1. The van der Waals surface area contributed by atoms with E-state index in [0.29, 0.717) is 6.10 Å². The zero-order valence-corrected chi connectivity index (χ0v) is 7.80. The largest absolute Gasteiger partial charge is 0.377 e. The molecule has 1 aliphatic heterocycles. The Morgan fingerprint density at radius 1 is 1.78 bits per heavy atom. The Hall–Kier alpha value is 0.650. The minimum atomic E-state index is 0.506. The van der Waals surface area contributed by atoms with E-state index in [4.69, 9.17) is 4.74 Å². The summed E-state index contributed by atoms with van der Waals surface area (Å²) in [5.74, 6) is 0. The van der Waals surface area contributed by atoms with Crippen molar-refractivity contribution in [3.05, 3.63) is 0 Å². The molecule has 0 bridgehead atoms. The van der Waals surface area contributed by atoms with Gasteiger partial charge in [-0.1, -0.05) is 0 Å². The Morgan fingerprint density at radius 2 is 2.56 bits per heavy atom. The molecule has 0 saturated carbocycles. The smallest absolute Gasteiger partial charge is 0.0710 e. The van der Waals surface area contributed by atoms with Gasteiger partial charge in [0.1, 0.15) is 0 Å². The highest BCUT2D eigenvalue weighted by molar-refractivity contribution is 14.1. The molecule has 0 aliphatic carbocycles. The summed E-state index contributed by atoms with van der Waals surface area (Å²) in [5.41, 5.74) is 0. The number of hydrogen-bond acceptors (Lipinski definition) is 2. The van der Waals surface area contributed by atoms with Gasteiger partial charge in [-0.05, 0) is 19.9 Å². The minimum absolute atomic E-state index is 0.506. The van der Waals surface area contributed by atoms with Crippen molar-refractivity contribution < 1.29 is 4.74 Å². The quantitative estimate of drug-likeness (QED) is 0.536. The maximum atomic E-state index is 5.42. The summed E-state index contributed by atoms with van der Waals surface area (Å²) in [5, 5.41) is 0. The normalized spacial score (nSPS) is 27.7. The van der Waals surface area contributed by atoms with E-state index < -0.39 is 0 Å². The number of hydrogen-bond donors (Lipinski definition) is 0. The summed E-state index contributed by atoms with van der Waals surface area (Å²) in [6.45, 7) is 2.04. The Kier molecular flexibility index (Phi) is 3.21. The topological polar surface area (TPSA) is 12.5 Å². The molecule has 1 unspecified atom stereocenters. The maximum absolute atomic E-state index is 5.42. The average Bonchev–Trinajstić information content (AvgIpc) is 2.15. The number of halogens is 1. The van der Waals surface area contributed by atoms with Gasteiger partial charge in [0, 0.05) is 36.0 Å². The van der Waals surface area contributed by atoms with Gasteiger partial charge in [-0.3, -0.25) is 0 Å². The first-order valence-electron chi connectivity index (χ1n) is 3.27. The van der Waals surface area contributed by atoms with E-state index in [-0.39, 0.29) is 0 Å². The van der Waals surface area contributed by atoms with Crippen LogP contribution >= 0.6 is 22.9 Å². The molecule has 3 heteroatoms. The fourth-order valence-electron chi connectivity index (χ4n) is 1.07. The first kappa shape index (κ1) is 7.75. The highest BCUT2D eigenvalue weighted by atomic mass is 127. The Bertz CT molecular complexity index is 81.1. The molecule has 1 saturated heterocycles. The minimum Gasteiger partial charge on any atom is -0.377 e. The van der Waals surface area contributed by atoms with Gasteiger partial charge >= 0.3 is 0 Å². The van der Waals surface area contributed by atoms with E-state index in [1.807, 2.05) is 0 Å². The molecule has 1 fully saturated rings. The van der Waals surface area contributed by atoms with Crippen LogP contribution in [0.1, 0.15) is 12.8 Å². The average molecular weight is 241 g/mol. The summed E-state index contributed by atoms with van der Waals surface area (Å²) in [6.07, 6.45) is 2.99. The lowest BCUT2D eigenvalue weighted by molar-refractivity contribution is 0.102. The molecule has 9 heavy (non-hydrogen) atoms. The van der Waals surface area contributed by atoms with Crippen LogP contribution in [0.2, 0.25) is 0 Å². The number of rotatable bonds is 2. The Labute approximate surface area is 70.0 Å². The van der Waals surface area contributed by atoms with Crippen LogP contribution in [-0.4, -0.2) is 29.4 Å². The summed E-state index contributed by atoms with van der Waals surface area (Å²) in [4.78, 5) is 0. The van der Waals surface area contributed by atoms with Crippen LogP contribution in [0, 0.1) is 0 Å². The molecule has 1 heterocycles. The lowest BCUT2D eigenvalue weighted by Gasteiger charge is -2.12. The van der Waals surface area contributed by atoms with Crippen LogP contribution in [-0.2, 0) is 4.74 Å². The molecular weight excluding hydrogens is 229 g/mol. The van der Waals surface area contributed by atoms with Crippen molar-refractivity contribution in [3.8, 4) is 0 Å². The molecular formula is C6H12INO. The van der Waals surface area contributed by atoms with Gasteiger partial charge in [-0.2, -0.15) is 0 Å². The molecule has 1 aliphatic rings. The third-order valence-electron chi connectivity index (χ3n) is 1.48. The fourth-order valence-corrected chi connectivity index (χ4v) is 1.51. The van der Waals surface area contributed by atoms with E-state index in [1.165, 1.54) is 12.8 Å². The molecule has 1 atom stereocenters. The van der Waals surface area contributed by atoms with Crippen LogP contribution in [0.4, 0.5) is 0 Å². The summed E-state index contributed by atoms with van der Waals surface area (Å²) in [7, 11) is 2.07. The van der Waals surface area contributed by atoms with Gasteiger partial charge in [0.2, 0.25) is 0 Å². The third-order valence-corrected chi connectivity index (χ3v) is 1.87. The van der Waals surface area contributed by atoms with Gasteiger partial charge in [-0.15, -0.1) is 0 Å².